The Bertz CT molecular complexity index is 1100. The number of benzene rings is 1. The van der Waals surface area contributed by atoms with E-state index in [4.69, 9.17) is 16.7 Å². The van der Waals surface area contributed by atoms with Gasteiger partial charge in [0.1, 0.15) is 0 Å². The van der Waals surface area contributed by atoms with Crippen LogP contribution in [0.5, 0.6) is 0 Å². The molecule has 3 rings (SSSR count). The maximum absolute atomic E-state index is 13.4. The SMILES string of the molecule is CC(C)(c1ccncc1)C1C(=O)N(c2ccc(SCCO)c(Cl)c2)C(=O)N1OC(=O)C(F)(F)F. The molecule has 8 nitrogen and oxygen atoms in total. The number of pyridine rings is 1. The zero-order valence-corrected chi connectivity index (χ0v) is 19.4. The molecule has 0 radical (unpaired) electrons. The van der Waals surface area contributed by atoms with Gasteiger partial charge in [-0.2, -0.15) is 13.2 Å². The molecule has 0 saturated carbocycles. The minimum absolute atomic E-state index is 0.0190. The van der Waals surface area contributed by atoms with E-state index in [1.807, 2.05) is 0 Å². The van der Waals surface area contributed by atoms with Crippen molar-refractivity contribution in [2.45, 2.75) is 36.4 Å². The van der Waals surface area contributed by atoms with Gasteiger partial charge < -0.3 is 9.94 Å². The van der Waals surface area contributed by atoms with Crippen LogP contribution in [0.2, 0.25) is 5.02 Å². The minimum Gasteiger partial charge on any atom is -0.396 e. The number of alkyl halides is 3. The first-order chi connectivity index (χ1) is 15.9. The number of amides is 3. The molecule has 3 amide bonds. The second-order valence-corrected chi connectivity index (χ2v) is 9.25. The minimum atomic E-state index is -5.39. The number of carbonyl (C=O) groups is 3. The van der Waals surface area contributed by atoms with Gasteiger partial charge in [0.25, 0.3) is 5.91 Å². The molecule has 13 heteroatoms. The van der Waals surface area contributed by atoms with Gasteiger partial charge in [0.05, 0.1) is 17.3 Å². The van der Waals surface area contributed by atoms with E-state index in [0.717, 1.165) is 0 Å². The molecule has 2 aromatic rings. The lowest BCUT2D eigenvalue weighted by Gasteiger charge is -2.33. The van der Waals surface area contributed by atoms with Crippen molar-refractivity contribution in [1.29, 1.82) is 0 Å². The van der Waals surface area contributed by atoms with Gasteiger partial charge in [0.2, 0.25) is 0 Å². The van der Waals surface area contributed by atoms with Gasteiger partial charge in [-0.25, -0.2) is 14.5 Å². The molecule has 1 atom stereocenters. The molecule has 0 bridgehead atoms. The highest BCUT2D eigenvalue weighted by Crippen LogP contribution is 2.39. The van der Waals surface area contributed by atoms with E-state index >= 15 is 0 Å². The first kappa shape index (κ1) is 25.8. The molecule has 1 aromatic heterocycles. The Hall–Kier alpha value is -2.83. The van der Waals surface area contributed by atoms with Crippen molar-refractivity contribution in [2.75, 3.05) is 17.3 Å². The number of carbonyl (C=O) groups excluding carboxylic acids is 3. The number of hydrogen-bond acceptors (Lipinski definition) is 7. The molecular formula is C21H19ClF3N3O5S. The molecule has 1 aromatic carbocycles. The zero-order valence-electron chi connectivity index (χ0n) is 17.9. The smallest absolute Gasteiger partial charge is 0.396 e. The number of aliphatic hydroxyl groups excluding tert-OH is 1. The standard InChI is InChI=1S/C21H19ClF3N3O5S/c1-20(2,12-5-7-26-8-6-12)16-17(30)27(19(32)28(16)33-18(31)21(23,24)25)13-3-4-15(14(22)11-13)34-10-9-29/h3-8,11,16,29H,9-10H2,1-2H3. The average molecular weight is 518 g/mol. The fourth-order valence-electron chi connectivity index (χ4n) is 3.44. The van der Waals surface area contributed by atoms with Crippen molar-refractivity contribution in [2.24, 2.45) is 0 Å². The quantitative estimate of drug-likeness (QED) is 0.438. The maximum atomic E-state index is 13.4. The van der Waals surface area contributed by atoms with Crippen molar-refractivity contribution in [3.63, 3.8) is 0 Å². The second kappa shape index (κ2) is 9.80. The summed E-state index contributed by atoms with van der Waals surface area (Å²) in [6, 6.07) is 4.36. The Morgan fingerprint density at radius 2 is 1.85 bits per heavy atom. The predicted octanol–water partition coefficient (Wildman–Crippen LogP) is 3.95. The Morgan fingerprint density at radius 1 is 1.21 bits per heavy atom. The van der Waals surface area contributed by atoms with Gasteiger partial charge in [0, 0.05) is 28.5 Å². The molecule has 1 N–H and O–H groups in total. The first-order valence-corrected chi connectivity index (χ1v) is 11.2. The number of aromatic nitrogens is 1. The van der Waals surface area contributed by atoms with Crippen LogP contribution in [0.4, 0.5) is 23.7 Å². The van der Waals surface area contributed by atoms with Gasteiger partial charge in [-0.3, -0.25) is 9.78 Å². The largest absolute Gasteiger partial charge is 0.493 e. The lowest BCUT2D eigenvalue weighted by molar-refractivity contribution is -0.232. The fourth-order valence-corrected chi connectivity index (χ4v) is 4.45. The second-order valence-electron chi connectivity index (χ2n) is 7.71. The molecule has 182 valence electrons. The molecular weight excluding hydrogens is 499 g/mol. The zero-order chi connectivity index (χ0) is 25.3. The molecule has 34 heavy (non-hydrogen) atoms. The first-order valence-electron chi connectivity index (χ1n) is 9.79. The van der Waals surface area contributed by atoms with Gasteiger partial charge >= 0.3 is 18.2 Å². The summed E-state index contributed by atoms with van der Waals surface area (Å²) in [4.78, 5) is 47.6. The molecule has 0 aliphatic carbocycles. The number of hydrogen-bond donors (Lipinski definition) is 1. The normalized spacial score (nSPS) is 16.9. The molecule has 1 saturated heterocycles. The maximum Gasteiger partial charge on any atom is 0.493 e. The molecule has 1 fully saturated rings. The van der Waals surface area contributed by atoms with Crippen LogP contribution in [0.1, 0.15) is 19.4 Å². The summed E-state index contributed by atoms with van der Waals surface area (Å²) < 4.78 is 38.8. The third-order valence-corrected chi connectivity index (χ3v) is 6.59. The average Bonchev–Trinajstić information content (AvgIpc) is 3.02. The number of aliphatic hydroxyl groups is 1. The topological polar surface area (TPSA) is 100 Å². The van der Waals surface area contributed by atoms with Crippen molar-refractivity contribution in [3.8, 4) is 0 Å². The number of anilines is 1. The highest BCUT2D eigenvalue weighted by atomic mass is 35.5. The number of imide groups is 1. The summed E-state index contributed by atoms with van der Waals surface area (Å²) in [6.45, 7) is 2.95. The summed E-state index contributed by atoms with van der Waals surface area (Å²) >= 11 is 7.47. The molecule has 1 aliphatic heterocycles. The van der Waals surface area contributed by atoms with Gasteiger partial charge in [-0.15, -0.1) is 16.8 Å². The van der Waals surface area contributed by atoms with Crippen LogP contribution in [-0.4, -0.2) is 57.6 Å². The molecule has 0 spiro atoms. The van der Waals surface area contributed by atoms with Crippen molar-refractivity contribution < 1.29 is 37.5 Å². The number of rotatable bonds is 7. The van der Waals surface area contributed by atoms with Gasteiger partial charge in [-0.05, 0) is 35.9 Å². The van der Waals surface area contributed by atoms with Crippen LogP contribution >= 0.6 is 23.4 Å². The Kier molecular flexibility index (Phi) is 7.44. The molecule has 1 unspecified atom stereocenters. The number of halogens is 4. The number of hydroxylamine groups is 2. The summed E-state index contributed by atoms with van der Waals surface area (Å²) in [5.74, 6) is -3.20. The summed E-state index contributed by atoms with van der Waals surface area (Å²) in [6.07, 6.45) is -2.55. The van der Waals surface area contributed by atoms with Crippen LogP contribution in [0.15, 0.2) is 47.6 Å². The van der Waals surface area contributed by atoms with Crippen LogP contribution in [0, 0.1) is 0 Å². The van der Waals surface area contributed by atoms with Crippen molar-refractivity contribution in [3.05, 3.63) is 53.3 Å². The Morgan fingerprint density at radius 3 is 2.41 bits per heavy atom. The lowest BCUT2D eigenvalue weighted by Crippen LogP contribution is -2.50. The molecule has 2 heterocycles. The van der Waals surface area contributed by atoms with Crippen LogP contribution in [0.3, 0.4) is 0 Å². The van der Waals surface area contributed by atoms with Crippen molar-refractivity contribution >= 4 is 47.0 Å². The monoisotopic (exact) mass is 517 g/mol. The highest BCUT2D eigenvalue weighted by molar-refractivity contribution is 7.99. The third-order valence-electron chi connectivity index (χ3n) is 5.11. The summed E-state index contributed by atoms with van der Waals surface area (Å²) in [7, 11) is 0. The summed E-state index contributed by atoms with van der Waals surface area (Å²) in [5.41, 5.74) is -0.830. The fraction of sp³-hybridized carbons (Fsp3) is 0.333. The number of urea groups is 1. The van der Waals surface area contributed by atoms with E-state index < -0.39 is 35.5 Å². The van der Waals surface area contributed by atoms with Gasteiger partial charge in [0.15, 0.2) is 6.04 Å². The van der Waals surface area contributed by atoms with Crippen LogP contribution in [0.25, 0.3) is 0 Å². The third kappa shape index (κ3) is 4.98. The van der Waals surface area contributed by atoms with Gasteiger partial charge in [-0.1, -0.05) is 25.4 Å². The van der Waals surface area contributed by atoms with Crippen molar-refractivity contribution in [1.82, 2.24) is 10.0 Å². The van der Waals surface area contributed by atoms with E-state index in [-0.39, 0.29) is 22.4 Å². The van der Waals surface area contributed by atoms with Crippen LogP contribution < -0.4 is 4.90 Å². The van der Waals surface area contributed by atoms with E-state index in [9.17, 15) is 27.6 Å². The summed E-state index contributed by atoms with van der Waals surface area (Å²) in [5, 5.41) is 9.29. The molecule has 1 aliphatic rings. The van der Waals surface area contributed by atoms with E-state index in [1.165, 1.54) is 68.3 Å². The van der Waals surface area contributed by atoms with E-state index in [0.29, 0.717) is 21.1 Å². The number of nitrogens with zero attached hydrogens (tertiary/aromatic N) is 3. The Labute approximate surface area is 201 Å². The predicted molar refractivity (Wildman–Crippen MR) is 117 cm³/mol. The lowest BCUT2D eigenvalue weighted by atomic mass is 9.78. The highest BCUT2D eigenvalue weighted by Gasteiger charge is 2.57. The van der Waals surface area contributed by atoms with Crippen LogP contribution in [-0.2, 0) is 19.8 Å². The van der Waals surface area contributed by atoms with E-state index in [1.54, 1.807) is 0 Å². The Balaban J connectivity index is 2.05. The van der Waals surface area contributed by atoms with E-state index in [2.05, 4.69) is 9.82 Å². The number of thioether (sulfide) groups is 1.